The molecule has 1 aromatic rings. The van der Waals surface area contributed by atoms with Crippen molar-refractivity contribution in [3.8, 4) is 0 Å². The van der Waals surface area contributed by atoms with Crippen molar-refractivity contribution in [2.75, 3.05) is 6.54 Å². The zero-order chi connectivity index (χ0) is 11.8. The normalized spacial score (nSPS) is 24.9. The second-order valence-electron chi connectivity index (χ2n) is 4.42. The van der Waals surface area contributed by atoms with E-state index in [-0.39, 0.29) is 30.9 Å². The lowest BCUT2D eigenvalue weighted by molar-refractivity contribution is -0.145. The number of amides is 2. The Morgan fingerprint density at radius 1 is 1.47 bits per heavy atom. The minimum Gasteiger partial charge on any atom is -0.343 e. The topological polar surface area (TPSA) is 88.3 Å². The van der Waals surface area contributed by atoms with Crippen LogP contribution in [-0.4, -0.2) is 39.4 Å². The Labute approximate surface area is 97.2 Å². The molecule has 90 valence electrons. The van der Waals surface area contributed by atoms with E-state index >= 15 is 0 Å². The van der Waals surface area contributed by atoms with E-state index in [0.29, 0.717) is 11.7 Å². The molecule has 1 aliphatic heterocycles. The van der Waals surface area contributed by atoms with Gasteiger partial charge in [-0.25, -0.2) is 0 Å². The standard InChI is InChI=1S/C10H12N4O3/c15-8-4-14(3-7-11-5-17-13-7)10(16)9(12-8)6-1-2-6/h5-6,9H,1-4H2,(H,12,15). The van der Waals surface area contributed by atoms with Gasteiger partial charge >= 0.3 is 0 Å². The van der Waals surface area contributed by atoms with Crippen molar-refractivity contribution < 1.29 is 14.1 Å². The molecule has 1 saturated carbocycles. The van der Waals surface area contributed by atoms with Crippen molar-refractivity contribution in [2.45, 2.75) is 25.4 Å². The monoisotopic (exact) mass is 236 g/mol. The first-order valence-corrected chi connectivity index (χ1v) is 5.57. The third kappa shape index (κ3) is 2.00. The van der Waals surface area contributed by atoms with E-state index in [1.54, 1.807) is 0 Å². The summed E-state index contributed by atoms with van der Waals surface area (Å²) in [6.45, 7) is 0.294. The number of hydrogen-bond donors (Lipinski definition) is 1. The molecule has 1 saturated heterocycles. The van der Waals surface area contributed by atoms with E-state index in [0.717, 1.165) is 12.8 Å². The van der Waals surface area contributed by atoms with Crippen LogP contribution < -0.4 is 5.32 Å². The Bertz CT molecular complexity index is 440. The molecule has 1 aromatic heterocycles. The Morgan fingerprint density at radius 3 is 2.94 bits per heavy atom. The number of rotatable bonds is 3. The molecule has 7 heteroatoms. The maximum atomic E-state index is 12.1. The number of nitrogens with one attached hydrogen (secondary N) is 1. The lowest BCUT2D eigenvalue weighted by Gasteiger charge is -2.31. The molecule has 1 atom stereocenters. The molecule has 2 amide bonds. The van der Waals surface area contributed by atoms with Gasteiger partial charge in [0.2, 0.25) is 18.2 Å². The average Bonchev–Trinajstić information content (AvgIpc) is 3.02. The van der Waals surface area contributed by atoms with Gasteiger partial charge in [0.05, 0.1) is 6.54 Å². The predicted molar refractivity (Wildman–Crippen MR) is 54.4 cm³/mol. The first kappa shape index (κ1) is 10.2. The van der Waals surface area contributed by atoms with E-state index in [1.165, 1.54) is 11.3 Å². The summed E-state index contributed by atoms with van der Waals surface area (Å²) < 4.78 is 4.61. The Morgan fingerprint density at radius 2 is 2.29 bits per heavy atom. The maximum Gasteiger partial charge on any atom is 0.246 e. The maximum absolute atomic E-state index is 12.1. The summed E-state index contributed by atoms with van der Waals surface area (Å²) >= 11 is 0. The van der Waals surface area contributed by atoms with Crippen molar-refractivity contribution in [1.82, 2.24) is 20.4 Å². The summed E-state index contributed by atoms with van der Waals surface area (Å²) in [4.78, 5) is 29.0. The van der Waals surface area contributed by atoms with Gasteiger partial charge in [-0.2, -0.15) is 4.98 Å². The molecular weight excluding hydrogens is 224 g/mol. The molecule has 1 N–H and O–H groups in total. The minimum absolute atomic E-state index is 0.0445. The van der Waals surface area contributed by atoms with Crippen LogP contribution in [0.15, 0.2) is 10.9 Å². The molecule has 17 heavy (non-hydrogen) atoms. The third-order valence-corrected chi connectivity index (χ3v) is 3.06. The fraction of sp³-hybridized carbons (Fsp3) is 0.600. The van der Waals surface area contributed by atoms with Gasteiger partial charge in [-0.15, -0.1) is 0 Å². The average molecular weight is 236 g/mol. The highest BCUT2D eigenvalue weighted by molar-refractivity contribution is 5.95. The summed E-state index contributed by atoms with van der Waals surface area (Å²) in [7, 11) is 0. The van der Waals surface area contributed by atoms with Gasteiger partial charge in [-0.3, -0.25) is 9.59 Å². The zero-order valence-corrected chi connectivity index (χ0v) is 9.13. The molecule has 0 bridgehead atoms. The van der Waals surface area contributed by atoms with Crippen LogP contribution in [0.2, 0.25) is 0 Å². The Kier molecular flexibility index (Phi) is 2.31. The van der Waals surface area contributed by atoms with Gasteiger partial charge in [-0.05, 0) is 18.8 Å². The van der Waals surface area contributed by atoms with Crippen LogP contribution in [-0.2, 0) is 16.1 Å². The summed E-state index contributed by atoms with van der Waals surface area (Å²) in [6, 6.07) is -0.358. The van der Waals surface area contributed by atoms with Crippen LogP contribution in [0, 0.1) is 5.92 Å². The third-order valence-electron chi connectivity index (χ3n) is 3.06. The predicted octanol–water partition coefficient (Wildman–Crippen LogP) is -0.693. The molecule has 3 rings (SSSR count). The summed E-state index contributed by atoms with van der Waals surface area (Å²) in [5.74, 6) is 0.559. The fourth-order valence-electron chi connectivity index (χ4n) is 2.04. The quantitative estimate of drug-likeness (QED) is 0.750. The summed E-state index contributed by atoms with van der Waals surface area (Å²) in [5.41, 5.74) is 0. The van der Waals surface area contributed by atoms with E-state index in [2.05, 4.69) is 20.0 Å². The van der Waals surface area contributed by atoms with E-state index in [4.69, 9.17) is 0 Å². The lowest BCUT2D eigenvalue weighted by Crippen LogP contribution is -2.58. The van der Waals surface area contributed by atoms with Crippen LogP contribution in [0.1, 0.15) is 18.7 Å². The zero-order valence-electron chi connectivity index (χ0n) is 9.13. The SMILES string of the molecule is O=C1CN(Cc2ncon2)C(=O)C(C2CC2)N1. The van der Waals surface area contributed by atoms with Gasteiger partial charge in [-0.1, -0.05) is 5.16 Å². The molecule has 2 fully saturated rings. The molecule has 2 aliphatic rings. The number of aromatic nitrogens is 2. The second kappa shape index (κ2) is 3.83. The van der Waals surface area contributed by atoms with Gasteiger partial charge in [0.15, 0.2) is 5.82 Å². The largest absolute Gasteiger partial charge is 0.343 e. The van der Waals surface area contributed by atoms with E-state index < -0.39 is 0 Å². The molecule has 0 radical (unpaired) electrons. The number of hydrogen-bond acceptors (Lipinski definition) is 5. The molecule has 1 unspecified atom stereocenters. The first-order valence-electron chi connectivity index (χ1n) is 5.57. The molecular formula is C10H12N4O3. The highest BCUT2D eigenvalue weighted by atomic mass is 16.5. The van der Waals surface area contributed by atoms with Crippen LogP contribution in [0.5, 0.6) is 0 Å². The lowest BCUT2D eigenvalue weighted by atomic mass is 10.1. The van der Waals surface area contributed by atoms with Gasteiger partial charge < -0.3 is 14.7 Å². The van der Waals surface area contributed by atoms with Crippen molar-refractivity contribution >= 4 is 11.8 Å². The highest BCUT2D eigenvalue weighted by Gasteiger charge is 2.42. The second-order valence-corrected chi connectivity index (χ2v) is 4.42. The van der Waals surface area contributed by atoms with Crippen molar-refractivity contribution in [3.63, 3.8) is 0 Å². The number of carbonyl (C=O) groups is 2. The molecule has 7 nitrogen and oxygen atoms in total. The number of carbonyl (C=O) groups excluding carboxylic acids is 2. The number of piperazine rings is 1. The molecule has 0 aromatic carbocycles. The molecule has 1 aliphatic carbocycles. The summed E-state index contributed by atoms with van der Waals surface area (Å²) in [5, 5.41) is 6.39. The Hall–Kier alpha value is -1.92. The van der Waals surface area contributed by atoms with Gasteiger partial charge in [0.25, 0.3) is 0 Å². The van der Waals surface area contributed by atoms with E-state index in [1.807, 2.05) is 0 Å². The van der Waals surface area contributed by atoms with Crippen molar-refractivity contribution in [3.05, 3.63) is 12.2 Å². The smallest absolute Gasteiger partial charge is 0.246 e. The van der Waals surface area contributed by atoms with E-state index in [9.17, 15) is 9.59 Å². The van der Waals surface area contributed by atoms with Crippen LogP contribution in [0.4, 0.5) is 0 Å². The van der Waals surface area contributed by atoms with Crippen molar-refractivity contribution in [1.29, 1.82) is 0 Å². The molecule has 0 spiro atoms. The first-order chi connectivity index (χ1) is 8.24. The summed E-state index contributed by atoms with van der Waals surface area (Å²) in [6.07, 6.45) is 3.22. The van der Waals surface area contributed by atoms with Crippen molar-refractivity contribution in [2.24, 2.45) is 5.92 Å². The Balaban J connectivity index is 1.73. The minimum atomic E-state index is -0.358. The number of nitrogens with zero attached hydrogens (tertiary/aromatic N) is 3. The molecule has 2 heterocycles. The fourth-order valence-corrected chi connectivity index (χ4v) is 2.04. The van der Waals surface area contributed by atoms with Crippen LogP contribution in [0.3, 0.4) is 0 Å². The highest BCUT2D eigenvalue weighted by Crippen LogP contribution is 2.34. The van der Waals surface area contributed by atoms with Gasteiger partial charge in [0.1, 0.15) is 12.6 Å². The van der Waals surface area contributed by atoms with Gasteiger partial charge in [0, 0.05) is 0 Å². The van der Waals surface area contributed by atoms with Crippen LogP contribution >= 0.6 is 0 Å². The van der Waals surface area contributed by atoms with Crippen LogP contribution in [0.25, 0.3) is 0 Å².